The number of rotatable bonds is 3. The molecular formula is C25H31NO2. The van der Waals surface area contributed by atoms with Crippen LogP contribution in [0.15, 0.2) is 36.4 Å². The van der Waals surface area contributed by atoms with E-state index in [-0.39, 0.29) is 11.4 Å². The number of carbonyl (C=O) groups is 1. The van der Waals surface area contributed by atoms with Crippen LogP contribution in [0, 0.1) is 5.92 Å². The summed E-state index contributed by atoms with van der Waals surface area (Å²) in [5.41, 5.74) is 0.472. The Hall–Kier alpha value is -1.87. The zero-order valence-corrected chi connectivity index (χ0v) is 16.8. The van der Waals surface area contributed by atoms with Crippen LogP contribution >= 0.6 is 0 Å². The number of Topliss-reactive ketones (excluding diaryl/α,β-unsaturated/α-hetero) is 1. The molecule has 2 fully saturated rings. The molecule has 1 spiro atoms. The van der Waals surface area contributed by atoms with Gasteiger partial charge in [-0.15, -0.1) is 0 Å². The van der Waals surface area contributed by atoms with Gasteiger partial charge in [0.1, 0.15) is 11.4 Å². The third-order valence-corrected chi connectivity index (χ3v) is 7.33. The second-order valence-corrected chi connectivity index (χ2v) is 9.18. The van der Waals surface area contributed by atoms with Crippen molar-refractivity contribution < 1.29 is 9.53 Å². The minimum atomic E-state index is -0.296. The topological polar surface area (TPSA) is 29.5 Å². The van der Waals surface area contributed by atoms with Crippen molar-refractivity contribution in [2.45, 2.75) is 63.4 Å². The van der Waals surface area contributed by atoms with E-state index in [1.165, 1.54) is 45.1 Å². The smallest absolute Gasteiger partial charge is 0.170 e. The van der Waals surface area contributed by atoms with E-state index in [9.17, 15) is 4.79 Å². The number of ether oxygens (including phenoxy) is 1. The van der Waals surface area contributed by atoms with E-state index in [1.807, 2.05) is 24.3 Å². The van der Waals surface area contributed by atoms with Crippen LogP contribution < -0.4 is 4.74 Å². The van der Waals surface area contributed by atoms with Crippen molar-refractivity contribution in [2.24, 2.45) is 5.92 Å². The summed E-state index contributed by atoms with van der Waals surface area (Å²) in [5.74, 6) is 2.02. The number of benzene rings is 2. The van der Waals surface area contributed by atoms with Crippen molar-refractivity contribution in [3.63, 3.8) is 0 Å². The molecule has 0 N–H and O–H groups in total. The van der Waals surface area contributed by atoms with Crippen LogP contribution in [0.4, 0.5) is 0 Å². The largest absolute Gasteiger partial charge is 0.485 e. The van der Waals surface area contributed by atoms with Crippen molar-refractivity contribution in [2.75, 3.05) is 19.6 Å². The Kier molecular flexibility index (Phi) is 4.88. The van der Waals surface area contributed by atoms with Crippen LogP contribution in [0.2, 0.25) is 0 Å². The van der Waals surface area contributed by atoms with E-state index in [0.717, 1.165) is 53.9 Å². The van der Waals surface area contributed by atoms with Gasteiger partial charge in [-0.05, 0) is 30.3 Å². The van der Waals surface area contributed by atoms with E-state index < -0.39 is 0 Å². The van der Waals surface area contributed by atoms with Crippen molar-refractivity contribution in [3.8, 4) is 5.75 Å². The molecule has 0 bridgehead atoms. The molecule has 1 saturated carbocycles. The van der Waals surface area contributed by atoms with E-state index in [1.54, 1.807) is 0 Å². The molecule has 0 amide bonds. The number of hydrogen-bond acceptors (Lipinski definition) is 3. The quantitative estimate of drug-likeness (QED) is 0.696. The second kappa shape index (κ2) is 7.51. The van der Waals surface area contributed by atoms with Gasteiger partial charge in [0.15, 0.2) is 5.78 Å². The Morgan fingerprint density at radius 1 is 1.00 bits per heavy atom. The molecule has 3 nitrogen and oxygen atoms in total. The van der Waals surface area contributed by atoms with Gasteiger partial charge in [0.2, 0.25) is 0 Å². The highest BCUT2D eigenvalue weighted by Crippen LogP contribution is 2.43. The second-order valence-electron chi connectivity index (χ2n) is 9.18. The van der Waals surface area contributed by atoms with Crippen LogP contribution in [0.3, 0.4) is 0 Å². The third-order valence-electron chi connectivity index (χ3n) is 7.33. The summed E-state index contributed by atoms with van der Waals surface area (Å²) < 4.78 is 6.64. The number of likely N-dealkylation sites (tertiary alicyclic amines) is 1. The number of hydrogen-bond donors (Lipinski definition) is 0. The summed E-state index contributed by atoms with van der Waals surface area (Å²) in [6, 6.07) is 12.2. The van der Waals surface area contributed by atoms with Crippen LogP contribution in [0.25, 0.3) is 10.8 Å². The predicted octanol–water partition coefficient (Wildman–Crippen LogP) is 5.61. The van der Waals surface area contributed by atoms with Crippen LogP contribution in [0.5, 0.6) is 5.75 Å². The van der Waals surface area contributed by atoms with E-state index in [0.29, 0.717) is 6.42 Å². The standard InChI is InChI=1S/C25H31NO2/c27-23-18-25(28-24-21-9-5-4-8-20(21)10-11-22(23)24)13-16-26(17-14-25)15-12-19-6-2-1-3-7-19/h4-5,8-11,19H,1-3,6-7,12-18H2. The summed E-state index contributed by atoms with van der Waals surface area (Å²) in [5, 5.41) is 2.23. The highest BCUT2D eigenvalue weighted by atomic mass is 16.5. The number of fused-ring (bicyclic) bond motifs is 3. The zero-order chi connectivity index (χ0) is 19.0. The Balaban J connectivity index is 1.28. The summed E-state index contributed by atoms with van der Waals surface area (Å²) >= 11 is 0. The molecule has 0 radical (unpaired) electrons. The predicted molar refractivity (Wildman–Crippen MR) is 113 cm³/mol. The Bertz CT molecular complexity index is 860. The first-order valence-electron chi connectivity index (χ1n) is 11.2. The highest BCUT2D eigenvalue weighted by molar-refractivity contribution is 6.06. The summed E-state index contributed by atoms with van der Waals surface area (Å²) in [7, 11) is 0. The lowest BCUT2D eigenvalue weighted by molar-refractivity contribution is -0.00900. The highest BCUT2D eigenvalue weighted by Gasteiger charge is 2.43. The molecule has 2 aromatic carbocycles. The molecule has 3 aliphatic rings. The van der Waals surface area contributed by atoms with Gasteiger partial charge in [-0.25, -0.2) is 0 Å². The maximum absolute atomic E-state index is 12.9. The van der Waals surface area contributed by atoms with Crippen molar-refractivity contribution in [1.82, 2.24) is 4.90 Å². The number of carbonyl (C=O) groups excluding carboxylic acids is 1. The SMILES string of the molecule is O=C1CC2(CCN(CCC3CCCCC3)CC2)Oc2c1ccc1ccccc21. The molecule has 2 heterocycles. The fraction of sp³-hybridized carbons (Fsp3) is 0.560. The van der Waals surface area contributed by atoms with E-state index >= 15 is 0 Å². The molecule has 3 heteroatoms. The fourth-order valence-electron chi connectivity index (χ4n) is 5.52. The van der Waals surface area contributed by atoms with Gasteiger partial charge in [-0.2, -0.15) is 0 Å². The first-order valence-corrected chi connectivity index (χ1v) is 11.2. The lowest BCUT2D eigenvalue weighted by Crippen LogP contribution is -2.51. The molecule has 148 valence electrons. The fourth-order valence-corrected chi connectivity index (χ4v) is 5.52. The molecule has 0 atom stereocenters. The first-order chi connectivity index (χ1) is 13.7. The normalized spacial score (nSPS) is 22.9. The maximum Gasteiger partial charge on any atom is 0.170 e. The Morgan fingerprint density at radius 3 is 2.61 bits per heavy atom. The molecule has 1 aliphatic carbocycles. The van der Waals surface area contributed by atoms with Crippen LogP contribution in [-0.4, -0.2) is 35.9 Å². The van der Waals surface area contributed by atoms with Gasteiger partial charge in [-0.1, -0.05) is 62.4 Å². The van der Waals surface area contributed by atoms with Crippen molar-refractivity contribution in [1.29, 1.82) is 0 Å². The summed E-state index contributed by atoms with van der Waals surface area (Å²) in [4.78, 5) is 15.5. The zero-order valence-electron chi connectivity index (χ0n) is 16.8. The molecule has 2 aliphatic heterocycles. The maximum atomic E-state index is 12.9. The third kappa shape index (κ3) is 3.45. The average molecular weight is 378 g/mol. The average Bonchev–Trinajstić information content (AvgIpc) is 2.74. The molecule has 0 unspecified atom stereocenters. The first kappa shape index (κ1) is 18.2. The number of ketones is 1. The molecule has 28 heavy (non-hydrogen) atoms. The van der Waals surface area contributed by atoms with Crippen LogP contribution in [0.1, 0.15) is 68.1 Å². The van der Waals surface area contributed by atoms with Crippen molar-refractivity contribution in [3.05, 3.63) is 42.0 Å². The lowest BCUT2D eigenvalue weighted by atomic mass is 9.81. The van der Waals surface area contributed by atoms with Gasteiger partial charge < -0.3 is 9.64 Å². The molecule has 2 aromatic rings. The molecule has 5 rings (SSSR count). The summed E-state index contributed by atoms with van der Waals surface area (Å²) in [6.45, 7) is 3.33. The van der Waals surface area contributed by atoms with E-state index in [2.05, 4.69) is 17.0 Å². The Labute approximate surface area is 168 Å². The minimum Gasteiger partial charge on any atom is -0.485 e. The summed E-state index contributed by atoms with van der Waals surface area (Å²) in [6.07, 6.45) is 11.0. The van der Waals surface area contributed by atoms with E-state index in [4.69, 9.17) is 4.74 Å². The number of nitrogens with zero attached hydrogens (tertiary/aromatic N) is 1. The van der Waals surface area contributed by atoms with Gasteiger partial charge in [-0.3, -0.25) is 4.79 Å². The molecular weight excluding hydrogens is 346 g/mol. The lowest BCUT2D eigenvalue weighted by Gasteiger charge is -2.44. The van der Waals surface area contributed by atoms with Crippen molar-refractivity contribution >= 4 is 16.6 Å². The van der Waals surface area contributed by atoms with Gasteiger partial charge in [0.25, 0.3) is 0 Å². The monoisotopic (exact) mass is 377 g/mol. The minimum absolute atomic E-state index is 0.252. The van der Waals surface area contributed by atoms with Gasteiger partial charge in [0.05, 0.1) is 12.0 Å². The number of piperidine rings is 1. The molecule has 0 aromatic heterocycles. The molecule has 1 saturated heterocycles. The van der Waals surface area contributed by atoms with Gasteiger partial charge >= 0.3 is 0 Å². The Morgan fingerprint density at radius 2 is 1.79 bits per heavy atom. The van der Waals surface area contributed by atoms with Gasteiger partial charge in [0, 0.05) is 31.3 Å². The van der Waals surface area contributed by atoms with Crippen LogP contribution in [-0.2, 0) is 0 Å².